The number of hydrogen-bond donors (Lipinski definition) is 0. The molecule has 0 aromatic heterocycles. The van der Waals surface area contributed by atoms with Gasteiger partial charge in [-0.2, -0.15) is 13.2 Å². The van der Waals surface area contributed by atoms with E-state index in [1.807, 2.05) is 0 Å². The van der Waals surface area contributed by atoms with Crippen molar-refractivity contribution >= 4 is 18.3 Å². The van der Waals surface area contributed by atoms with Crippen LogP contribution >= 0.6 is 0 Å². The Hall–Kier alpha value is -2.51. The number of ether oxygens (including phenoxy) is 2. The van der Waals surface area contributed by atoms with E-state index in [0.717, 1.165) is 17.0 Å². The van der Waals surface area contributed by atoms with Gasteiger partial charge < -0.3 is 9.47 Å². The van der Waals surface area contributed by atoms with Crippen LogP contribution in [0.5, 0.6) is 0 Å². The van der Waals surface area contributed by atoms with Gasteiger partial charge in [0.1, 0.15) is 11.2 Å². The third-order valence-electron chi connectivity index (χ3n) is 3.06. The SMILES string of the molecule is CC(C)(C)OC(=O)N(C/C=C/c1ccc(C(F)(F)F)cc1)C(=O)OC(C)(C)C. The van der Waals surface area contributed by atoms with E-state index in [4.69, 9.17) is 9.47 Å². The first kappa shape index (κ1) is 23.5. The molecule has 0 aliphatic carbocycles. The highest BCUT2D eigenvalue weighted by Crippen LogP contribution is 2.29. The van der Waals surface area contributed by atoms with Crippen LogP contribution in [0.15, 0.2) is 30.3 Å². The second-order valence-corrected chi connectivity index (χ2v) is 8.09. The van der Waals surface area contributed by atoms with Crippen LogP contribution in [-0.2, 0) is 15.7 Å². The first-order valence-corrected chi connectivity index (χ1v) is 8.66. The molecule has 0 spiro atoms. The Morgan fingerprint density at radius 3 is 1.68 bits per heavy atom. The van der Waals surface area contributed by atoms with E-state index in [9.17, 15) is 22.8 Å². The number of hydrogen-bond acceptors (Lipinski definition) is 4. The summed E-state index contributed by atoms with van der Waals surface area (Å²) in [6, 6.07) is 4.51. The fourth-order valence-electron chi connectivity index (χ4n) is 1.94. The fourth-order valence-corrected chi connectivity index (χ4v) is 1.94. The third kappa shape index (κ3) is 8.45. The van der Waals surface area contributed by atoms with Crippen LogP contribution in [0.4, 0.5) is 22.8 Å². The van der Waals surface area contributed by atoms with Crippen molar-refractivity contribution in [1.29, 1.82) is 0 Å². The van der Waals surface area contributed by atoms with Crippen molar-refractivity contribution in [3.05, 3.63) is 41.5 Å². The van der Waals surface area contributed by atoms with Gasteiger partial charge in [0.25, 0.3) is 0 Å². The van der Waals surface area contributed by atoms with Gasteiger partial charge in [0.15, 0.2) is 0 Å². The van der Waals surface area contributed by atoms with Crippen molar-refractivity contribution in [3.63, 3.8) is 0 Å². The van der Waals surface area contributed by atoms with Crippen molar-refractivity contribution in [2.24, 2.45) is 0 Å². The molecule has 2 amide bonds. The van der Waals surface area contributed by atoms with Crippen molar-refractivity contribution in [1.82, 2.24) is 4.90 Å². The predicted molar refractivity (Wildman–Crippen MR) is 99.7 cm³/mol. The topological polar surface area (TPSA) is 55.8 Å². The Bertz CT molecular complexity index is 683. The monoisotopic (exact) mass is 401 g/mol. The van der Waals surface area contributed by atoms with Crippen molar-refractivity contribution in [2.45, 2.75) is 58.9 Å². The van der Waals surface area contributed by atoms with E-state index in [0.29, 0.717) is 5.56 Å². The number of alkyl halides is 3. The van der Waals surface area contributed by atoms with Gasteiger partial charge in [0.2, 0.25) is 0 Å². The summed E-state index contributed by atoms with van der Waals surface area (Å²) in [7, 11) is 0. The molecule has 0 heterocycles. The Morgan fingerprint density at radius 2 is 1.32 bits per heavy atom. The van der Waals surface area contributed by atoms with Gasteiger partial charge in [0, 0.05) is 0 Å². The zero-order valence-corrected chi connectivity index (χ0v) is 16.9. The molecule has 28 heavy (non-hydrogen) atoms. The fraction of sp³-hybridized carbons (Fsp3) is 0.500. The molecule has 1 rings (SSSR count). The molecule has 0 fully saturated rings. The molecule has 156 valence electrons. The molecule has 0 radical (unpaired) electrons. The summed E-state index contributed by atoms with van der Waals surface area (Å²) in [4.78, 5) is 25.4. The molecule has 0 saturated heterocycles. The molecule has 0 N–H and O–H groups in total. The van der Waals surface area contributed by atoms with Gasteiger partial charge in [-0.3, -0.25) is 0 Å². The average Bonchev–Trinajstić information content (AvgIpc) is 2.47. The molecule has 1 aromatic rings. The Labute approximate surface area is 163 Å². The van der Waals surface area contributed by atoms with Gasteiger partial charge in [-0.1, -0.05) is 24.3 Å². The van der Waals surface area contributed by atoms with Gasteiger partial charge in [-0.05, 0) is 59.2 Å². The van der Waals surface area contributed by atoms with E-state index in [-0.39, 0.29) is 6.54 Å². The number of benzene rings is 1. The molecule has 0 bridgehead atoms. The highest BCUT2D eigenvalue weighted by molar-refractivity contribution is 5.88. The van der Waals surface area contributed by atoms with Crippen LogP contribution in [0.3, 0.4) is 0 Å². The van der Waals surface area contributed by atoms with Crippen molar-refractivity contribution in [2.75, 3.05) is 6.54 Å². The Morgan fingerprint density at radius 1 is 0.893 bits per heavy atom. The molecule has 8 heteroatoms. The van der Waals surface area contributed by atoms with Crippen LogP contribution < -0.4 is 0 Å². The summed E-state index contributed by atoms with van der Waals surface area (Å²) in [6.45, 7) is 9.82. The second-order valence-electron chi connectivity index (χ2n) is 8.09. The minimum Gasteiger partial charge on any atom is -0.443 e. The van der Waals surface area contributed by atoms with Crippen LogP contribution in [0.25, 0.3) is 6.08 Å². The standard InChI is InChI=1S/C20H26F3NO4/c1-18(2,3)27-16(25)24(17(26)28-19(4,5)6)13-7-8-14-9-11-15(12-10-14)20(21,22)23/h7-12H,13H2,1-6H3/b8-7+. The second kappa shape index (κ2) is 8.67. The van der Waals surface area contributed by atoms with Crippen molar-refractivity contribution < 1.29 is 32.2 Å². The number of carbonyl (C=O) groups is 2. The quantitative estimate of drug-likeness (QED) is 0.634. The van der Waals surface area contributed by atoms with E-state index in [1.54, 1.807) is 41.5 Å². The maximum absolute atomic E-state index is 12.6. The van der Waals surface area contributed by atoms with Crippen LogP contribution in [0, 0.1) is 0 Å². The lowest BCUT2D eigenvalue weighted by molar-refractivity contribution is -0.137. The van der Waals surface area contributed by atoms with Crippen LogP contribution in [0.1, 0.15) is 52.7 Å². The predicted octanol–water partition coefficient (Wildman–Crippen LogP) is 5.89. The van der Waals surface area contributed by atoms with Gasteiger partial charge in [0.05, 0.1) is 12.1 Å². The molecule has 0 atom stereocenters. The summed E-state index contributed by atoms with van der Waals surface area (Å²) in [5.41, 5.74) is -1.89. The van der Waals surface area contributed by atoms with E-state index in [2.05, 4.69) is 0 Å². The minimum absolute atomic E-state index is 0.162. The first-order chi connectivity index (χ1) is 12.6. The normalized spacial score (nSPS) is 12.8. The number of amides is 2. The number of nitrogens with zero attached hydrogens (tertiary/aromatic N) is 1. The average molecular weight is 401 g/mol. The lowest BCUT2D eigenvalue weighted by Gasteiger charge is -2.28. The highest BCUT2D eigenvalue weighted by atomic mass is 19.4. The zero-order valence-electron chi connectivity index (χ0n) is 16.9. The smallest absolute Gasteiger partial charge is 0.420 e. The molecular weight excluding hydrogens is 375 g/mol. The third-order valence-corrected chi connectivity index (χ3v) is 3.06. The zero-order chi connectivity index (χ0) is 21.8. The lowest BCUT2D eigenvalue weighted by atomic mass is 10.1. The maximum Gasteiger partial charge on any atom is 0.420 e. The number of halogens is 3. The number of imide groups is 1. The van der Waals surface area contributed by atoms with Gasteiger partial charge in [-0.15, -0.1) is 0 Å². The molecule has 0 aliphatic heterocycles. The molecule has 0 saturated carbocycles. The summed E-state index contributed by atoms with van der Waals surface area (Å²) in [5, 5.41) is 0. The molecular formula is C20H26F3NO4. The van der Waals surface area contributed by atoms with E-state index >= 15 is 0 Å². The summed E-state index contributed by atoms with van der Waals surface area (Å²) in [6.07, 6.45) is -3.19. The maximum atomic E-state index is 12.6. The largest absolute Gasteiger partial charge is 0.443 e. The summed E-state index contributed by atoms with van der Waals surface area (Å²) < 4.78 is 48.2. The van der Waals surface area contributed by atoms with Gasteiger partial charge >= 0.3 is 18.4 Å². The minimum atomic E-state index is -4.41. The summed E-state index contributed by atoms with van der Waals surface area (Å²) in [5.74, 6) is 0. The molecule has 0 aliphatic rings. The van der Waals surface area contributed by atoms with Crippen LogP contribution in [-0.4, -0.2) is 34.8 Å². The van der Waals surface area contributed by atoms with Crippen molar-refractivity contribution in [3.8, 4) is 0 Å². The number of rotatable bonds is 3. The Balaban J connectivity index is 2.92. The van der Waals surface area contributed by atoms with Gasteiger partial charge in [-0.25, -0.2) is 14.5 Å². The van der Waals surface area contributed by atoms with Crippen LogP contribution in [0.2, 0.25) is 0 Å². The summed E-state index contributed by atoms with van der Waals surface area (Å²) >= 11 is 0. The van der Waals surface area contributed by atoms with E-state index in [1.165, 1.54) is 24.3 Å². The first-order valence-electron chi connectivity index (χ1n) is 8.66. The highest BCUT2D eigenvalue weighted by Gasteiger charge is 2.31. The molecule has 0 unspecified atom stereocenters. The van der Waals surface area contributed by atoms with E-state index < -0.39 is 35.1 Å². The Kier molecular flexibility index (Phi) is 7.28. The number of carbonyl (C=O) groups excluding carboxylic acids is 2. The molecule has 1 aromatic carbocycles. The lowest BCUT2D eigenvalue weighted by Crippen LogP contribution is -2.43. The molecule has 5 nitrogen and oxygen atoms in total.